The van der Waals surface area contributed by atoms with Gasteiger partial charge in [-0.25, -0.2) is 4.79 Å². The first kappa shape index (κ1) is 23.5. The number of hydrogen-bond acceptors (Lipinski definition) is 4. The molecule has 0 heterocycles. The molecule has 0 fully saturated rings. The van der Waals surface area contributed by atoms with E-state index in [2.05, 4.69) is 20.9 Å². The molecule has 22 heavy (non-hydrogen) atoms. The summed E-state index contributed by atoms with van der Waals surface area (Å²) in [6.07, 6.45) is -0.462. The van der Waals surface area contributed by atoms with Gasteiger partial charge in [-0.2, -0.15) is 0 Å². The van der Waals surface area contributed by atoms with Gasteiger partial charge in [0, 0.05) is 13.1 Å². The van der Waals surface area contributed by atoms with Crippen LogP contribution in [-0.2, 0) is 4.74 Å². The van der Waals surface area contributed by atoms with E-state index in [1.165, 1.54) is 0 Å². The zero-order valence-electron chi connectivity index (χ0n) is 14.4. The van der Waals surface area contributed by atoms with E-state index in [1.54, 1.807) is 0 Å². The topological polar surface area (TPSA) is 95.0 Å². The van der Waals surface area contributed by atoms with Gasteiger partial charge in [-0.05, 0) is 41.5 Å². The molecule has 0 saturated heterocycles. The molecule has 0 spiro atoms. The van der Waals surface area contributed by atoms with Crippen LogP contribution in [-0.4, -0.2) is 54.5 Å². The Morgan fingerprint density at radius 3 is 2.23 bits per heavy atom. The Balaban J connectivity index is 0. The first-order valence-corrected chi connectivity index (χ1v) is 7.24. The van der Waals surface area contributed by atoms with Crippen molar-refractivity contribution in [1.82, 2.24) is 16.0 Å². The van der Waals surface area contributed by atoms with Gasteiger partial charge in [-0.1, -0.05) is 0 Å². The predicted octanol–water partition coefficient (Wildman–Crippen LogP) is 1.46. The number of aliphatic hydroxyl groups excluding tert-OH is 1. The molecule has 1 amide bonds. The third kappa shape index (κ3) is 12.9. The van der Waals surface area contributed by atoms with Crippen LogP contribution in [0.5, 0.6) is 0 Å². The van der Waals surface area contributed by atoms with Crippen molar-refractivity contribution >= 4 is 36.0 Å². The van der Waals surface area contributed by atoms with E-state index in [9.17, 15) is 4.79 Å². The van der Waals surface area contributed by atoms with Crippen LogP contribution in [0.4, 0.5) is 4.79 Å². The number of hydrogen-bond donors (Lipinski definition) is 4. The second-order valence-electron chi connectivity index (χ2n) is 6.36. The highest BCUT2D eigenvalue weighted by molar-refractivity contribution is 14.0. The van der Waals surface area contributed by atoms with Crippen molar-refractivity contribution in [3.63, 3.8) is 0 Å². The highest BCUT2D eigenvalue weighted by Gasteiger charge is 2.24. The van der Waals surface area contributed by atoms with Gasteiger partial charge in [0.2, 0.25) is 0 Å². The van der Waals surface area contributed by atoms with Crippen molar-refractivity contribution in [2.24, 2.45) is 4.99 Å². The van der Waals surface area contributed by atoms with Crippen molar-refractivity contribution < 1.29 is 14.6 Å². The Bertz CT molecular complexity index is 354. The lowest BCUT2D eigenvalue weighted by Crippen LogP contribution is -2.49. The maximum Gasteiger partial charge on any atom is 0.408 e. The molecular formula is C14H31IN4O3. The second kappa shape index (κ2) is 10.9. The number of carbonyl (C=O) groups is 1. The van der Waals surface area contributed by atoms with Gasteiger partial charge in [-0.15, -0.1) is 24.0 Å². The van der Waals surface area contributed by atoms with Crippen molar-refractivity contribution in [2.45, 2.75) is 52.7 Å². The van der Waals surface area contributed by atoms with Gasteiger partial charge in [0.15, 0.2) is 5.96 Å². The van der Waals surface area contributed by atoms with Gasteiger partial charge in [0.1, 0.15) is 5.60 Å². The van der Waals surface area contributed by atoms with E-state index in [0.717, 1.165) is 6.54 Å². The molecule has 132 valence electrons. The molecule has 0 saturated carbocycles. The number of nitrogens with one attached hydrogen (secondary N) is 3. The standard InChI is InChI=1S/C14H30N4O3.HI/c1-7-15-11(16-8-9-19)17-10-14(5,6)18-12(20)21-13(2,3)4;/h19H,7-10H2,1-6H3,(H,18,20)(H2,15,16,17);1H. The zero-order chi connectivity index (χ0) is 16.5. The number of amides is 1. The third-order valence-corrected chi connectivity index (χ3v) is 2.22. The van der Waals surface area contributed by atoms with Crippen molar-refractivity contribution in [1.29, 1.82) is 0 Å². The van der Waals surface area contributed by atoms with E-state index in [1.807, 2.05) is 41.5 Å². The van der Waals surface area contributed by atoms with Crippen LogP contribution >= 0.6 is 24.0 Å². The second-order valence-corrected chi connectivity index (χ2v) is 6.36. The number of halogens is 1. The van der Waals surface area contributed by atoms with Crippen LogP contribution in [0.2, 0.25) is 0 Å². The van der Waals surface area contributed by atoms with E-state index in [0.29, 0.717) is 19.0 Å². The molecule has 0 aliphatic carbocycles. The minimum atomic E-state index is -0.538. The summed E-state index contributed by atoms with van der Waals surface area (Å²) in [6.45, 7) is 12.7. The number of rotatable bonds is 6. The molecule has 0 rings (SSSR count). The summed E-state index contributed by atoms with van der Waals surface area (Å²) < 4.78 is 5.23. The van der Waals surface area contributed by atoms with Crippen LogP contribution in [0.15, 0.2) is 4.99 Å². The van der Waals surface area contributed by atoms with Crippen LogP contribution in [0.3, 0.4) is 0 Å². The van der Waals surface area contributed by atoms with Crippen LogP contribution < -0.4 is 16.0 Å². The number of aliphatic hydroxyl groups is 1. The fourth-order valence-corrected chi connectivity index (χ4v) is 1.41. The number of carbonyl (C=O) groups excluding carboxylic acids is 1. The molecule has 0 atom stereocenters. The first-order valence-electron chi connectivity index (χ1n) is 7.24. The van der Waals surface area contributed by atoms with Crippen molar-refractivity contribution in [3.05, 3.63) is 0 Å². The predicted molar refractivity (Wildman–Crippen MR) is 99.9 cm³/mol. The van der Waals surface area contributed by atoms with Crippen LogP contribution in [0, 0.1) is 0 Å². The first-order chi connectivity index (χ1) is 9.59. The third-order valence-electron chi connectivity index (χ3n) is 2.22. The van der Waals surface area contributed by atoms with E-state index in [-0.39, 0.29) is 30.6 Å². The largest absolute Gasteiger partial charge is 0.444 e. The van der Waals surface area contributed by atoms with Gasteiger partial charge in [0.25, 0.3) is 0 Å². The molecule has 8 heteroatoms. The average Bonchev–Trinajstić information content (AvgIpc) is 2.29. The lowest BCUT2D eigenvalue weighted by Gasteiger charge is -2.27. The normalized spacial score (nSPS) is 12.2. The molecule has 0 aromatic rings. The molecule has 4 N–H and O–H groups in total. The molecule has 7 nitrogen and oxygen atoms in total. The lowest BCUT2D eigenvalue weighted by atomic mass is 10.1. The highest BCUT2D eigenvalue weighted by Crippen LogP contribution is 2.09. The quantitative estimate of drug-likeness (QED) is 0.291. The molecule has 0 aliphatic rings. The molecule has 0 unspecified atom stereocenters. The van der Waals surface area contributed by atoms with Gasteiger partial charge < -0.3 is 25.8 Å². The maximum absolute atomic E-state index is 11.8. The monoisotopic (exact) mass is 430 g/mol. The van der Waals surface area contributed by atoms with Gasteiger partial charge in [0.05, 0.1) is 18.7 Å². The molecule has 0 aliphatic heterocycles. The Morgan fingerprint density at radius 1 is 1.18 bits per heavy atom. The summed E-state index contributed by atoms with van der Waals surface area (Å²) in [5, 5.41) is 17.7. The molecule has 0 bridgehead atoms. The Kier molecular flexibility index (Phi) is 11.6. The number of nitrogens with zero attached hydrogens (tertiary/aromatic N) is 1. The van der Waals surface area contributed by atoms with E-state index < -0.39 is 17.2 Å². The summed E-state index contributed by atoms with van der Waals surface area (Å²) >= 11 is 0. The Morgan fingerprint density at radius 2 is 1.77 bits per heavy atom. The smallest absolute Gasteiger partial charge is 0.408 e. The molecule has 0 radical (unpaired) electrons. The van der Waals surface area contributed by atoms with E-state index >= 15 is 0 Å². The average molecular weight is 430 g/mol. The minimum Gasteiger partial charge on any atom is -0.444 e. The summed E-state index contributed by atoms with van der Waals surface area (Å²) in [5.41, 5.74) is -1.06. The molecule has 0 aromatic heterocycles. The SMILES string of the molecule is CCNC(=NCC(C)(C)NC(=O)OC(C)(C)C)NCCO.I. The maximum atomic E-state index is 11.8. The van der Waals surface area contributed by atoms with Gasteiger partial charge in [-0.3, -0.25) is 4.99 Å². The van der Waals surface area contributed by atoms with Crippen LogP contribution in [0.25, 0.3) is 0 Å². The summed E-state index contributed by atoms with van der Waals surface area (Å²) in [4.78, 5) is 16.2. The van der Waals surface area contributed by atoms with Crippen molar-refractivity contribution in [3.8, 4) is 0 Å². The zero-order valence-corrected chi connectivity index (χ0v) is 16.8. The summed E-state index contributed by atoms with van der Waals surface area (Å²) in [5.74, 6) is 0.602. The molecule has 0 aromatic carbocycles. The van der Waals surface area contributed by atoms with E-state index in [4.69, 9.17) is 9.84 Å². The Labute approximate surface area is 150 Å². The Hall–Kier alpha value is -0.770. The fourth-order valence-electron chi connectivity index (χ4n) is 1.41. The van der Waals surface area contributed by atoms with Gasteiger partial charge >= 0.3 is 6.09 Å². The molecular weight excluding hydrogens is 399 g/mol. The summed E-state index contributed by atoms with van der Waals surface area (Å²) in [7, 11) is 0. The number of alkyl carbamates (subject to hydrolysis) is 1. The van der Waals surface area contributed by atoms with Crippen molar-refractivity contribution in [2.75, 3.05) is 26.2 Å². The highest BCUT2D eigenvalue weighted by atomic mass is 127. The summed E-state index contributed by atoms with van der Waals surface area (Å²) in [6, 6.07) is 0. The fraction of sp³-hybridized carbons (Fsp3) is 0.857. The number of aliphatic imine (C=N–C) groups is 1. The number of ether oxygens (including phenoxy) is 1. The van der Waals surface area contributed by atoms with Crippen LogP contribution in [0.1, 0.15) is 41.5 Å². The minimum absolute atomic E-state index is 0. The lowest BCUT2D eigenvalue weighted by molar-refractivity contribution is 0.0476. The number of guanidine groups is 1.